The van der Waals surface area contributed by atoms with Crippen LogP contribution in [0.4, 0.5) is 11.4 Å². The maximum Gasteiger partial charge on any atom is 0.255 e. The van der Waals surface area contributed by atoms with E-state index in [2.05, 4.69) is 5.32 Å². The predicted octanol–water partition coefficient (Wildman–Crippen LogP) is 3.35. The second-order valence-electron chi connectivity index (χ2n) is 5.42. The highest BCUT2D eigenvalue weighted by Crippen LogP contribution is 2.23. The van der Waals surface area contributed by atoms with Gasteiger partial charge in [-0.2, -0.15) is 0 Å². The Morgan fingerprint density at radius 1 is 0.760 bits per heavy atom. The molecule has 0 bridgehead atoms. The van der Waals surface area contributed by atoms with Crippen molar-refractivity contribution in [3.05, 3.63) is 84.4 Å². The monoisotopic (exact) mass is 352 g/mol. The summed E-state index contributed by atoms with van der Waals surface area (Å²) in [6.07, 6.45) is 0. The number of carbonyl (C=O) groups is 1. The summed E-state index contributed by atoms with van der Waals surface area (Å²) in [7, 11) is -3.62. The fourth-order valence-electron chi connectivity index (χ4n) is 2.29. The number of anilines is 2. The summed E-state index contributed by atoms with van der Waals surface area (Å²) >= 11 is 0. The smallest absolute Gasteiger partial charge is 0.255 e. The Bertz CT molecular complexity index is 981. The number of nitrogens with two attached hydrogens (primary N) is 1. The average molecular weight is 352 g/mol. The highest BCUT2D eigenvalue weighted by molar-refractivity contribution is 7.91. The van der Waals surface area contributed by atoms with Gasteiger partial charge in [-0.15, -0.1) is 0 Å². The van der Waals surface area contributed by atoms with Crippen molar-refractivity contribution in [3.63, 3.8) is 0 Å². The van der Waals surface area contributed by atoms with E-state index in [-0.39, 0.29) is 15.7 Å². The molecule has 0 radical (unpaired) electrons. The Morgan fingerprint density at radius 2 is 1.28 bits per heavy atom. The number of amides is 1. The van der Waals surface area contributed by atoms with E-state index < -0.39 is 9.84 Å². The molecule has 25 heavy (non-hydrogen) atoms. The minimum Gasteiger partial charge on any atom is -0.399 e. The Balaban J connectivity index is 1.80. The first-order valence-electron chi connectivity index (χ1n) is 7.54. The van der Waals surface area contributed by atoms with E-state index in [1.54, 1.807) is 48.5 Å². The minimum absolute atomic E-state index is 0.148. The van der Waals surface area contributed by atoms with Crippen LogP contribution in [0.2, 0.25) is 0 Å². The number of benzene rings is 3. The van der Waals surface area contributed by atoms with Crippen LogP contribution in [0.25, 0.3) is 0 Å². The molecular formula is C19H16N2O3S. The molecule has 0 aromatic heterocycles. The molecule has 3 rings (SSSR count). The fraction of sp³-hybridized carbons (Fsp3) is 0. The lowest BCUT2D eigenvalue weighted by molar-refractivity contribution is 0.102. The van der Waals surface area contributed by atoms with Crippen LogP contribution < -0.4 is 11.1 Å². The normalized spacial score (nSPS) is 11.0. The molecule has 0 saturated carbocycles. The second kappa shape index (κ2) is 6.78. The molecule has 126 valence electrons. The highest BCUT2D eigenvalue weighted by Gasteiger charge is 2.17. The van der Waals surface area contributed by atoms with Gasteiger partial charge >= 0.3 is 0 Å². The molecule has 3 N–H and O–H groups in total. The molecule has 3 aromatic carbocycles. The lowest BCUT2D eigenvalue weighted by Crippen LogP contribution is -2.11. The minimum atomic E-state index is -3.62. The van der Waals surface area contributed by atoms with Crippen molar-refractivity contribution < 1.29 is 13.2 Å². The van der Waals surface area contributed by atoms with E-state index in [9.17, 15) is 13.2 Å². The van der Waals surface area contributed by atoms with Gasteiger partial charge in [0.15, 0.2) is 0 Å². The van der Waals surface area contributed by atoms with E-state index >= 15 is 0 Å². The average Bonchev–Trinajstić information content (AvgIpc) is 2.63. The van der Waals surface area contributed by atoms with E-state index in [0.29, 0.717) is 16.9 Å². The summed E-state index contributed by atoms with van der Waals surface area (Å²) in [5.41, 5.74) is 7.13. The van der Waals surface area contributed by atoms with Gasteiger partial charge in [0.2, 0.25) is 9.84 Å². The summed E-state index contributed by atoms with van der Waals surface area (Å²) < 4.78 is 25.1. The molecule has 0 spiro atoms. The standard InChI is InChI=1S/C19H16N2O3S/c20-15-6-10-17(11-7-15)25(23,24)18-12-8-16(9-13-18)21-19(22)14-4-2-1-3-5-14/h1-13H,20H2,(H,21,22). The van der Waals surface area contributed by atoms with Crippen molar-refractivity contribution in [2.75, 3.05) is 11.1 Å². The van der Waals surface area contributed by atoms with Gasteiger partial charge in [-0.05, 0) is 60.7 Å². The Morgan fingerprint density at radius 3 is 1.84 bits per heavy atom. The van der Waals surface area contributed by atoms with Crippen LogP contribution >= 0.6 is 0 Å². The molecule has 6 heteroatoms. The molecule has 0 atom stereocenters. The zero-order chi connectivity index (χ0) is 17.9. The number of carbonyl (C=O) groups excluding carboxylic acids is 1. The van der Waals surface area contributed by atoms with Gasteiger partial charge in [-0.3, -0.25) is 4.79 Å². The van der Waals surface area contributed by atoms with Gasteiger partial charge in [-0.1, -0.05) is 18.2 Å². The first-order valence-corrected chi connectivity index (χ1v) is 9.02. The summed E-state index contributed by atoms with van der Waals surface area (Å²) in [5, 5.41) is 2.73. The summed E-state index contributed by atoms with van der Waals surface area (Å²) in [6, 6.07) is 20.9. The number of nitrogen functional groups attached to an aromatic ring is 1. The molecule has 5 nitrogen and oxygen atoms in total. The zero-order valence-corrected chi connectivity index (χ0v) is 14.0. The van der Waals surface area contributed by atoms with Gasteiger partial charge < -0.3 is 11.1 Å². The Hall–Kier alpha value is -3.12. The molecule has 0 fully saturated rings. The first-order chi connectivity index (χ1) is 12.0. The predicted molar refractivity (Wildman–Crippen MR) is 97.1 cm³/mol. The van der Waals surface area contributed by atoms with Crippen molar-refractivity contribution in [1.29, 1.82) is 0 Å². The number of nitrogens with one attached hydrogen (secondary N) is 1. The van der Waals surface area contributed by atoms with Gasteiger partial charge in [0.1, 0.15) is 0 Å². The SMILES string of the molecule is Nc1ccc(S(=O)(=O)c2ccc(NC(=O)c3ccccc3)cc2)cc1. The molecule has 0 heterocycles. The molecule has 1 amide bonds. The number of hydrogen-bond donors (Lipinski definition) is 2. The van der Waals surface area contributed by atoms with Crippen molar-refractivity contribution in [2.24, 2.45) is 0 Å². The number of rotatable bonds is 4. The maximum atomic E-state index is 12.6. The molecule has 0 saturated heterocycles. The van der Waals surface area contributed by atoms with Crippen LogP contribution in [0, 0.1) is 0 Å². The summed E-state index contributed by atoms with van der Waals surface area (Å²) in [6.45, 7) is 0. The molecule has 0 aliphatic rings. The largest absolute Gasteiger partial charge is 0.399 e. The first kappa shape index (κ1) is 16.7. The lowest BCUT2D eigenvalue weighted by Gasteiger charge is -2.08. The van der Waals surface area contributed by atoms with Crippen molar-refractivity contribution in [1.82, 2.24) is 0 Å². The zero-order valence-electron chi connectivity index (χ0n) is 13.2. The van der Waals surface area contributed by atoms with Crippen LogP contribution in [0.3, 0.4) is 0 Å². The Kier molecular flexibility index (Phi) is 4.54. The van der Waals surface area contributed by atoms with Crippen LogP contribution in [0.5, 0.6) is 0 Å². The third kappa shape index (κ3) is 3.70. The van der Waals surface area contributed by atoms with Gasteiger partial charge in [0, 0.05) is 16.9 Å². The summed E-state index contributed by atoms with van der Waals surface area (Å²) in [5.74, 6) is -0.255. The van der Waals surface area contributed by atoms with Gasteiger partial charge in [0.25, 0.3) is 5.91 Å². The number of sulfone groups is 1. The van der Waals surface area contributed by atoms with E-state index in [4.69, 9.17) is 5.73 Å². The molecule has 0 aliphatic carbocycles. The van der Waals surface area contributed by atoms with E-state index in [0.717, 1.165) is 0 Å². The van der Waals surface area contributed by atoms with Crippen LogP contribution in [-0.4, -0.2) is 14.3 Å². The number of hydrogen-bond acceptors (Lipinski definition) is 4. The molecule has 0 aliphatic heterocycles. The van der Waals surface area contributed by atoms with E-state index in [1.807, 2.05) is 6.07 Å². The van der Waals surface area contributed by atoms with Crippen molar-refractivity contribution >= 4 is 27.1 Å². The van der Waals surface area contributed by atoms with Crippen molar-refractivity contribution in [3.8, 4) is 0 Å². The third-order valence-electron chi connectivity index (χ3n) is 3.65. The fourth-order valence-corrected chi connectivity index (χ4v) is 3.55. The quantitative estimate of drug-likeness (QED) is 0.705. The second-order valence-corrected chi connectivity index (χ2v) is 7.37. The van der Waals surface area contributed by atoms with Crippen LogP contribution in [0.15, 0.2) is 88.7 Å². The van der Waals surface area contributed by atoms with Gasteiger partial charge in [-0.25, -0.2) is 8.42 Å². The maximum absolute atomic E-state index is 12.6. The molecule has 3 aromatic rings. The lowest BCUT2D eigenvalue weighted by atomic mass is 10.2. The van der Waals surface area contributed by atoms with Crippen LogP contribution in [-0.2, 0) is 9.84 Å². The Labute approximate surface area is 146 Å². The molecule has 0 unspecified atom stereocenters. The highest BCUT2D eigenvalue weighted by atomic mass is 32.2. The summed E-state index contributed by atoms with van der Waals surface area (Å²) in [4.78, 5) is 12.4. The van der Waals surface area contributed by atoms with Crippen molar-refractivity contribution in [2.45, 2.75) is 9.79 Å². The van der Waals surface area contributed by atoms with Gasteiger partial charge in [0.05, 0.1) is 9.79 Å². The third-order valence-corrected chi connectivity index (χ3v) is 5.43. The van der Waals surface area contributed by atoms with Crippen LogP contribution in [0.1, 0.15) is 10.4 Å². The molecular weight excluding hydrogens is 336 g/mol. The van der Waals surface area contributed by atoms with E-state index in [1.165, 1.54) is 24.3 Å². The topological polar surface area (TPSA) is 89.3 Å².